The second-order valence-corrected chi connectivity index (χ2v) is 6.62. The highest BCUT2D eigenvalue weighted by Gasteiger charge is 2.23. The fraction of sp³-hybridized carbons (Fsp3) is 0.0435. The molecule has 2 aromatic heterocycles. The first-order chi connectivity index (χ1) is 14.8. The van der Waals surface area contributed by atoms with Gasteiger partial charge in [-0.05, 0) is 36.4 Å². The van der Waals surface area contributed by atoms with E-state index in [1.54, 1.807) is 0 Å². The largest absolute Gasteiger partial charge is 0.465 e. The molecule has 156 valence electrons. The fourth-order valence-corrected chi connectivity index (χ4v) is 3.50. The molecule has 0 aliphatic heterocycles. The van der Waals surface area contributed by atoms with Gasteiger partial charge in [0.2, 0.25) is 0 Å². The van der Waals surface area contributed by atoms with E-state index in [4.69, 9.17) is 4.74 Å². The molecule has 4 nitrogen and oxygen atoms in total. The lowest BCUT2D eigenvalue weighted by Gasteiger charge is -2.17. The maximum atomic E-state index is 14.7. The average Bonchev–Trinajstić information content (AvgIpc) is 2.74. The van der Waals surface area contributed by atoms with Gasteiger partial charge in [0.25, 0.3) is 0 Å². The number of pyridine rings is 2. The zero-order valence-corrected chi connectivity index (χ0v) is 16.0. The van der Waals surface area contributed by atoms with E-state index in [0.29, 0.717) is 6.07 Å². The summed E-state index contributed by atoms with van der Waals surface area (Å²) in [6.07, 6.45) is 1.24. The number of carbonyl (C=O) groups is 1. The Morgan fingerprint density at radius 3 is 2.23 bits per heavy atom. The predicted molar refractivity (Wildman–Crippen MR) is 106 cm³/mol. The van der Waals surface area contributed by atoms with Gasteiger partial charge in [0.1, 0.15) is 23.3 Å². The standard InChI is InChI=1S/C23H13F4NO3/c1-31-23(30)14-7-8-18-21(20-15(25)3-2-4-16(20)26)19(29)9-10-28(18)22(14)13-6-5-12(24)11-17(13)27/h2-11H,1H3. The zero-order valence-electron chi connectivity index (χ0n) is 16.0. The summed E-state index contributed by atoms with van der Waals surface area (Å²) in [7, 11) is 1.13. The molecule has 0 radical (unpaired) electrons. The third-order valence-corrected chi connectivity index (χ3v) is 4.85. The van der Waals surface area contributed by atoms with Crippen LogP contribution in [0.4, 0.5) is 17.6 Å². The Labute approximate surface area is 173 Å². The van der Waals surface area contributed by atoms with Gasteiger partial charge in [-0.15, -0.1) is 0 Å². The third-order valence-electron chi connectivity index (χ3n) is 4.85. The van der Waals surface area contributed by atoms with Crippen LogP contribution in [-0.2, 0) is 4.74 Å². The molecular weight excluding hydrogens is 414 g/mol. The van der Waals surface area contributed by atoms with Crippen molar-refractivity contribution in [1.82, 2.24) is 4.40 Å². The first-order valence-electron chi connectivity index (χ1n) is 9.00. The van der Waals surface area contributed by atoms with Crippen LogP contribution in [0.25, 0.3) is 27.9 Å². The topological polar surface area (TPSA) is 47.8 Å². The summed E-state index contributed by atoms with van der Waals surface area (Å²) in [6.45, 7) is 0. The summed E-state index contributed by atoms with van der Waals surface area (Å²) in [6, 6.07) is 9.52. The van der Waals surface area contributed by atoms with E-state index < -0.39 is 40.2 Å². The van der Waals surface area contributed by atoms with E-state index >= 15 is 0 Å². The summed E-state index contributed by atoms with van der Waals surface area (Å²) in [5.74, 6) is -4.55. The van der Waals surface area contributed by atoms with E-state index in [1.807, 2.05) is 0 Å². The highest BCUT2D eigenvalue weighted by atomic mass is 19.1. The number of ether oxygens (including phenoxy) is 1. The van der Waals surface area contributed by atoms with Crippen LogP contribution in [0.3, 0.4) is 0 Å². The molecule has 0 atom stereocenters. The molecule has 0 amide bonds. The number of nitrogens with zero attached hydrogens (tertiary/aromatic N) is 1. The van der Waals surface area contributed by atoms with Crippen LogP contribution in [0.2, 0.25) is 0 Å². The smallest absolute Gasteiger partial charge is 0.340 e. The number of halogens is 4. The van der Waals surface area contributed by atoms with Crippen LogP contribution in [0.5, 0.6) is 0 Å². The highest BCUT2D eigenvalue weighted by molar-refractivity contribution is 5.98. The van der Waals surface area contributed by atoms with Crippen molar-refractivity contribution in [2.24, 2.45) is 0 Å². The van der Waals surface area contributed by atoms with Gasteiger partial charge in [-0.1, -0.05) is 6.07 Å². The summed E-state index contributed by atoms with van der Waals surface area (Å²) < 4.78 is 63.1. The Morgan fingerprint density at radius 1 is 0.871 bits per heavy atom. The molecule has 0 bridgehead atoms. The lowest BCUT2D eigenvalue weighted by Crippen LogP contribution is -2.14. The van der Waals surface area contributed by atoms with Gasteiger partial charge in [-0.3, -0.25) is 4.79 Å². The van der Waals surface area contributed by atoms with Crippen molar-refractivity contribution in [2.45, 2.75) is 0 Å². The number of hydrogen-bond donors (Lipinski definition) is 0. The van der Waals surface area contributed by atoms with Crippen LogP contribution in [-0.4, -0.2) is 17.5 Å². The lowest BCUT2D eigenvalue weighted by molar-refractivity contribution is 0.0601. The summed E-state index contributed by atoms with van der Waals surface area (Å²) >= 11 is 0. The van der Waals surface area contributed by atoms with Crippen LogP contribution in [0, 0.1) is 23.3 Å². The van der Waals surface area contributed by atoms with Crippen LogP contribution in [0.15, 0.2) is 65.6 Å². The molecule has 2 aromatic carbocycles. The van der Waals surface area contributed by atoms with Gasteiger partial charge >= 0.3 is 5.97 Å². The molecular formula is C23H13F4NO3. The molecule has 4 aromatic rings. The van der Waals surface area contributed by atoms with E-state index in [0.717, 1.165) is 43.5 Å². The molecule has 8 heteroatoms. The Balaban J connectivity index is 2.18. The van der Waals surface area contributed by atoms with Gasteiger partial charge in [-0.2, -0.15) is 0 Å². The first kappa shape index (κ1) is 20.3. The van der Waals surface area contributed by atoms with Crippen LogP contribution < -0.4 is 5.43 Å². The lowest BCUT2D eigenvalue weighted by atomic mass is 9.99. The van der Waals surface area contributed by atoms with E-state index in [2.05, 4.69) is 0 Å². The summed E-state index contributed by atoms with van der Waals surface area (Å²) in [5.41, 5.74) is -1.86. The Bertz CT molecular complexity index is 1390. The maximum absolute atomic E-state index is 14.7. The molecule has 0 unspecified atom stereocenters. The summed E-state index contributed by atoms with van der Waals surface area (Å²) in [5, 5.41) is 0. The third kappa shape index (κ3) is 3.35. The molecule has 0 aliphatic rings. The zero-order chi connectivity index (χ0) is 22.3. The van der Waals surface area contributed by atoms with Crippen molar-refractivity contribution in [2.75, 3.05) is 7.11 Å². The maximum Gasteiger partial charge on any atom is 0.340 e. The van der Waals surface area contributed by atoms with Crippen molar-refractivity contribution in [3.8, 4) is 22.4 Å². The molecule has 0 aliphatic carbocycles. The van der Waals surface area contributed by atoms with E-state index in [9.17, 15) is 27.2 Å². The number of methoxy groups -OCH3 is 1. The predicted octanol–water partition coefficient (Wildman–Crippen LogP) is 4.98. The second kappa shape index (κ2) is 7.71. The fourth-order valence-electron chi connectivity index (χ4n) is 3.50. The number of aromatic nitrogens is 1. The minimum atomic E-state index is -0.977. The quantitative estimate of drug-likeness (QED) is 0.342. The van der Waals surface area contributed by atoms with Gasteiger partial charge in [0.15, 0.2) is 5.43 Å². The Morgan fingerprint density at radius 2 is 1.58 bits per heavy atom. The van der Waals surface area contributed by atoms with Gasteiger partial charge < -0.3 is 9.14 Å². The van der Waals surface area contributed by atoms with Gasteiger partial charge in [0.05, 0.1) is 35.0 Å². The van der Waals surface area contributed by atoms with Gasteiger partial charge in [0, 0.05) is 23.9 Å². The van der Waals surface area contributed by atoms with Crippen LogP contribution >= 0.6 is 0 Å². The summed E-state index contributed by atoms with van der Waals surface area (Å²) in [4.78, 5) is 25.0. The second-order valence-electron chi connectivity index (χ2n) is 6.62. The SMILES string of the molecule is COC(=O)c1ccc2c(-c3c(F)cccc3F)c(=O)ccn2c1-c1ccc(F)cc1F. The Hall–Kier alpha value is -3.94. The minimum Gasteiger partial charge on any atom is -0.465 e. The molecule has 0 spiro atoms. The highest BCUT2D eigenvalue weighted by Crippen LogP contribution is 2.33. The van der Waals surface area contributed by atoms with Crippen molar-refractivity contribution < 1.29 is 27.1 Å². The van der Waals surface area contributed by atoms with E-state index in [-0.39, 0.29) is 27.9 Å². The number of esters is 1. The molecule has 0 saturated heterocycles. The Kier molecular flexibility index (Phi) is 5.06. The number of hydrogen-bond acceptors (Lipinski definition) is 3. The van der Waals surface area contributed by atoms with Crippen molar-refractivity contribution in [3.63, 3.8) is 0 Å². The molecule has 0 saturated carbocycles. The number of benzene rings is 2. The van der Waals surface area contributed by atoms with Crippen molar-refractivity contribution >= 4 is 11.5 Å². The number of rotatable bonds is 3. The average molecular weight is 427 g/mol. The molecule has 0 N–H and O–H groups in total. The molecule has 31 heavy (non-hydrogen) atoms. The first-order valence-corrected chi connectivity index (χ1v) is 9.00. The molecule has 2 heterocycles. The number of carbonyl (C=O) groups excluding carboxylic acids is 1. The van der Waals surface area contributed by atoms with Gasteiger partial charge in [-0.25, -0.2) is 22.4 Å². The van der Waals surface area contributed by atoms with Crippen LogP contribution in [0.1, 0.15) is 10.4 Å². The van der Waals surface area contributed by atoms with E-state index in [1.165, 1.54) is 22.7 Å². The monoisotopic (exact) mass is 427 g/mol. The molecule has 0 fully saturated rings. The van der Waals surface area contributed by atoms with Crippen molar-refractivity contribution in [3.05, 3.63) is 99.8 Å². The molecule has 4 rings (SSSR count). The minimum absolute atomic E-state index is 0.0166. The normalized spacial score (nSPS) is 11.0. The number of fused-ring (bicyclic) bond motifs is 1. The van der Waals surface area contributed by atoms with Crippen molar-refractivity contribution in [1.29, 1.82) is 0 Å².